The van der Waals surface area contributed by atoms with Crippen molar-refractivity contribution in [2.24, 2.45) is 11.1 Å². The van der Waals surface area contributed by atoms with E-state index in [-0.39, 0.29) is 0 Å². The normalized spacial score (nSPS) is 19.7. The lowest BCUT2D eigenvalue weighted by Crippen LogP contribution is -2.37. The van der Waals surface area contributed by atoms with Crippen molar-refractivity contribution >= 4 is 17.2 Å². The molecule has 1 aromatic rings. The van der Waals surface area contributed by atoms with E-state index in [0.717, 1.165) is 12.1 Å². The number of hydrogen-bond acceptors (Lipinski definition) is 2. The van der Waals surface area contributed by atoms with Crippen LogP contribution in [0.15, 0.2) is 24.3 Å². The van der Waals surface area contributed by atoms with Crippen LogP contribution < -0.4 is 5.73 Å². The van der Waals surface area contributed by atoms with Crippen LogP contribution in [0.25, 0.3) is 0 Å². The van der Waals surface area contributed by atoms with E-state index in [1.54, 1.807) is 0 Å². The molecular formula is C15H22N2S. The van der Waals surface area contributed by atoms with Crippen molar-refractivity contribution in [3.8, 4) is 0 Å². The highest BCUT2D eigenvalue weighted by Gasteiger charge is 2.25. The van der Waals surface area contributed by atoms with E-state index in [1.807, 2.05) is 12.1 Å². The first-order chi connectivity index (χ1) is 8.48. The molecular weight excluding hydrogens is 240 g/mol. The van der Waals surface area contributed by atoms with Crippen molar-refractivity contribution < 1.29 is 0 Å². The van der Waals surface area contributed by atoms with Crippen LogP contribution in [-0.2, 0) is 6.54 Å². The second kappa shape index (κ2) is 5.37. The molecule has 1 aliphatic rings. The SMILES string of the molecule is CC1(C)CCN(Cc2ccccc2C(N)=S)CC1. The maximum Gasteiger partial charge on any atom is 0.104 e. The summed E-state index contributed by atoms with van der Waals surface area (Å²) >= 11 is 5.11. The van der Waals surface area contributed by atoms with Crippen LogP contribution in [0.2, 0.25) is 0 Å². The summed E-state index contributed by atoms with van der Waals surface area (Å²) in [5.74, 6) is 0. The van der Waals surface area contributed by atoms with Gasteiger partial charge in [-0.2, -0.15) is 0 Å². The van der Waals surface area contributed by atoms with Gasteiger partial charge in [0.2, 0.25) is 0 Å². The van der Waals surface area contributed by atoms with Gasteiger partial charge in [0.25, 0.3) is 0 Å². The Bertz CT molecular complexity index is 430. The van der Waals surface area contributed by atoms with E-state index < -0.39 is 0 Å². The maximum atomic E-state index is 5.78. The Hall–Kier alpha value is -0.930. The molecule has 98 valence electrons. The molecule has 0 aromatic heterocycles. The number of rotatable bonds is 3. The second-order valence-corrected chi connectivity index (χ2v) is 6.40. The summed E-state index contributed by atoms with van der Waals surface area (Å²) in [6.45, 7) is 8.00. The molecule has 0 spiro atoms. The molecule has 0 aliphatic carbocycles. The van der Waals surface area contributed by atoms with Gasteiger partial charge in [-0.05, 0) is 36.9 Å². The third-order valence-electron chi connectivity index (χ3n) is 3.89. The lowest BCUT2D eigenvalue weighted by Gasteiger charge is -2.37. The van der Waals surface area contributed by atoms with Crippen molar-refractivity contribution in [1.29, 1.82) is 0 Å². The van der Waals surface area contributed by atoms with Crippen LogP contribution in [0.3, 0.4) is 0 Å². The van der Waals surface area contributed by atoms with Gasteiger partial charge in [-0.1, -0.05) is 50.3 Å². The first kappa shape index (κ1) is 13.5. The highest BCUT2D eigenvalue weighted by Crippen LogP contribution is 2.30. The fourth-order valence-electron chi connectivity index (χ4n) is 2.46. The summed E-state index contributed by atoms with van der Waals surface area (Å²) < 4.78 is 0. The summed E-state index contributed by atoms with van der Waals surface area (Å²) in [6.07, 6.45) is 2.53. The van der Waals surface area contributed by atoms with Crippen molar-refractivity contribution in [3.63, 3.8) is 0 Å². The minimum Gasteiger partial charge on any atom is -0.389 e. The average Bonchev–Trinajstić information content (AvgIpc) is 2.32. The Morgan fingerprint density at radius 3 is 2.50 bits per heavy atom. The van der Waals surface area contributed by atoms with Crippen LogP contribution >= 0.6 is 12.2 Å². The van der Waals surface area contributed by atoms with Gasteiger partial charge in [0.05, 0.1) is 0 Å². The van der Waals surface area contributed by atoms with Gasteiger partial charge in [0, 0.05) is 12.1 Å². The van der Waals surface area contributed by atoms with Gasteiger partial charge in [0.1, 0.15) is 4.99 Å². The second-order valence-electron chi connectivity index (χ2n) is 5.96. The average molecular weight is 262 g/mol. The first-order valence-corrected chi connectivity index (χ1v) is 6.99. The Balaban J connectivity index is 2.04. The molecule has 3 heteroatoms. The van der Waals surface area contributed by atoms with Crippen molar-refractivity contribution in [2.75, 3.05) is 13.1 Å². The van der Waals surface area contributed by atoms with Crippen LogP contribution in [-0.4, -0.2) is 23.0 Å². The summed E-state index contributed by atoms with van der Waals surface area (Å²) in [5.41, 5.74) is 8.55. The van der Waals surface area contributed by atoms with Crippen molar-refractivity contribution in [2.45, 2.75) is 33.2 Å². The molecule has 18 heavy (non-hydrogen) atoms. The topological polar surface area (TPSA) is 29.3 Å². The minimum absolute atomic E-state index is 0.499. The Morgan fingerprint density at radius 2 is 1.89 bits per heavy atom. The molecule has 1 heterocycles. The highest BCUT2D eigenvalue weighted by atomic mass is 32.1. The number of nitrogens with zero attached hydrogens (tertiary/aromatic N) is 1. The van der Waals surface area contributed by atoms with Gasteiger partial charge in [0.15, 0.2) is 0 Å². The third-order valence-corrected chi connectivity index (χ3v) is 4.11. The molecule has 0 bridgehead atoms. The largest absolute Gasteiger partial charge is 0.389 e. The van der Waals surface area contributed by atoms with E-state index in [9.17, 15) is 0 Å². The molecule has 0 atom stereocenters. The fourth-order valence-corrected chi connectivity index (χ4v) is 2.66. The zero-order valence-corrected chi connectivity index (χ0v) is 12.1. The molecule has 1 aromatic carbocycles. The van der Waals surface area contributed by atoms with E-state index in [1.165, 1.54) is 31.5 Å². The zero-order valence-electron chi connectivity index (χ0n) is 11.3. The molecule has 1 saturated heterocycles. The van der Waals surface area contributed by atoms with Crippen molar-refractivity contribution in [3.05, 3.63) is 35.4 Å². The molecule has 1 fully saturated rings. The predicted molar refractivity (Wildman–Crippen MR) is 80.6 cm³/mol. The number of hydrogen-bond donors (Lipinski definition) is 1. The molecule has 2 rings (SSSR count). The highest BCUT2D eigenvalue weighted by molar-refractivity contribution is 7.80. The van der Waals surface area contributed by atoms with E-state index >= 15 is 0 Å². The Morgan fingerprint density at radius 1 is 1.28 bits per heavy atom. The monoisotopic (exact) mass is 262 g/mol. The predicted octanol–water partition coefficient (Wildman–Crippen LogP) is 2.94. The van der Waals surface area contributed by atoms with Crippen LogP contribution in [0.1, 0.15) is 37.8 Å². The molecule has 0 unspecified atom stereocenters. The number of likely N-dealkylation sites (tertiary alicyclic amines) is 1. The summed E-state index contributed by atoms with van der Waals surface area (Å²) in [7, 11) is 0. The molecule has 1 aliphatic heterocycles. The van der Waals surface area contributed by atoms with E-state index in [0.29, 0.717) is 10.4 Å². The number of thiocarbonyl (C=S) groups is 1. The smallest absolute Gasteiger partial charge is 0.104 e. The van der Waals surface area contributed by atoms with E-state index in [4.69, 9.17) is 18.0 Å². The van der Waals surface area contributed by atoms with Gasteiger partial charge in [-0.25, -0.2) is 0 Å². The molecule has 0 radical (unpaired) electrons. The van der Waals surface area contributed by atoms with Crippen molar-refractivity contribution in [1.82, 2.24) is 4.90 Å². The zero-order chi connectivity index (χ0) is 13.2. The Kier molecular flexibility index (Phi) is 4.03. The van der Waals surface area contributed by atoms with Gasteiger partial charge >= 0.3 is 0 Å². The number of piperidine rings is 1. The molecule has 2 nitrogen and oxygen atoms in total. The van der Waals surface area contributed by atoms with Gasteiger partial charge < -0.3 is 5.73 Å². The molecule has 0 saturated carbocycles. The fraction of sp³-hybridized carbons (Fsp3) is 0.533. The summed E-state index contributed by atoms with van der Waals surface area (Å²) in [5, 5.41) is 0. The number of benzene rings is 1. The van der Waals surface area contributed by atoms with E-state index in [2.05, 4.69) is 30.9 Å². The van der Waals surface area contributed by atoms with Gasteiger partial charge in [-0.3, -0.25) is 4.90 Å². The van der Waals surface area contributed by atoms with Crippen LogP contribution in [0.5, 0.6) is 0 Å². The lowest BCUT2D eigenvalue weighted by molar-refractivity contribution is 0.127. The summed E-state index contributed by atoms with van der Waals surface area (Å²) in [4.78, 5) is 3.01. The van der Waals surface area contributed by atoms with Crippen LogP contribution in [0, 0.1) is 5.41 Å². The molecule has 0 amide bonds. The third kappa shape index (κ3) is 3.30. The minimum atomic E-state index is 0.499. The molecule has 2 N–H and O–H groups in total. The quantitative estimate of drug-likeness (QED) is 0.849. The first-order valence-electron chi connectivity index (χ1n) is 6.58. The summed E-state index contributed by atoms with van der Waals surface area (Å²) in [6, 6.07) is 8.21. The lowest BCUT2D eigenvalue weighted by atomic mass is 9.82. The van der Waals surface area contributed by atoms with Gasteiger partial charge in [-0.15, -0.1) is 0 Å². The number of nitrogens with two attached hydrogens (primary N) is 1. The van der Waals surface area contributed by atoms with Crippen LogP contribution in [0.4, 0.5) is 0 Å². The standard InChI is InChI=1S/C15H22N2S/c1-15(2)7-9-17(10-8-15)11-12-5-3-4-6-13(12)14(16)18/h3-6H,7-11H2,1-2H3,(H2,16,18). The maximum absolute atomic E-state index is 5.78. The Labute approximate surface area is 115 Å².